The standard InChI is InChI=1S/C20H12F6N2O/c21-19(22,23)14-7-3-13(4-8-14)18(29)28-15-9-5-12(6-10-15)17-16(20(24,25)26)2-1-11-27-17/h1-11H,(H,28,29). The van der Waals surface area contributed by atoms with Gasteiger partial charge >= 0.3 is 12.4 Å². The lowest BCUT2D eigenvalue weighted by atomic mass is 10.0. The van der Waals surface area contributed by atoms with Crippen molar-refractivity contribution in [3.8, 4) is 11.3 Å². The highest BCUT2D eigenvalue weighted by atomic mass is 19.4. The van der Waals surface area contributed by atoms with Crippen LogP contribution in [0.25, 0.3) is 11.3 Å². The maximum atomic E-state index is 13.1. The zero-order chi connectivity index (χ0) is 21.2. The summed E-state index contributed by atoms with van der Waals surface area (Å²) in [5, 5.41) is 2.48. The molecule has 0 bridgehead atoms. The van der Waals surface area contributed by atoms with E-state index in [0.717, 1.165) is 30.3 Å². The molecule has 0 radical (unpaired) electrons. The Labute approximate surface area is 161 Å². The Morgan fingerprint density at radius 3 is 1.97 bits per heavy atom. The van der Waals surface area contributed by atoms with Crippen LogP contribution >= 0.6 is 0 Å². The topological polar surface area (TPSA) is 42.0 Å². The van der Waals surface area contributed by atoms with Crippen LogP contribution in [0.3, 0.4) is 0 Å². The normalized spacial score (nSPS) is 11.9. The van der Waals surface area contributed by atoms with Gasteiger partial charge in [-0.2, -0.15) is 26.3 Å². The van der Waals surface area contributed by atoms with Gasteiger partial charge in [-0.15, -0.1) is 0 Å². The Morgan fingerprint density at radius 2 is 1.41 bits per heavy atom. The lowest BCUT2D eigenvalue weighted by molar-refractivity contribution is -0.138. The fourth-order valence-electron chi connectivity index (χ4n) is 2.59. The summed E-state index contributed by atoms with van der Waals surface area (Å²) in [6.07, 6.45) is -7.84. The van der Waals surface area contributed by atoms with Crippen LogP contribution in [0.5, 0.6) is 0 Å². The second-order valence-corrected chi connectivity index (χ2v) is 6.00. The Bertz CT molecular complexity index is 1010. The number of carbonyl (C=O) groups excluding carboxylic acids is 1. The summed E-state index contributed by atoms with van der Waals surface area (Å²) in [5.41, 5.74) is -1.55. The average Bonchev–Trinajstić information content (AvgIpc) is 2.67. The Morgan fingerprint density at radius 1 is 0.793 bits per heavy atom. The number of hydrogen-bond acceptors (Lipinski definition) is 2. The van der Waals surface area contributed by atoms with Crippen molar-refractivity contribution in [2.45, 2.75) is 12.4 Å². The van der Waals surface area contributed by atoms with E-state index in [4.69, 9.17) is 0 Å². The Hall–Kier alpha value is -3.36. The van der Waals surface area contributed by atoms with E-state index in [0.29, 0.717) is 0 Å². The molecule has 0 fully saturated rings. The SMILES string of the molecule is O=C(Nc1ccc(-c2ncccc2C(F)(F)F)cc1)c1ccc(C(F)(F)F)cc1. The predicted octanol–water partition coefficient (Wildman–Crippen LogP) is 6.04. The van der Waals surface area contributed by atoms with Gasteiger partial charge in [-0.05, 0) is 48.5 Å². The molecule has 1 amide bonds. The minimum atomic E-state index is -4.57. The molecule has 3 aromatic rings. The maximum Gasteiger partial charge on any atom is 0.418 e. The third-order valence-corrected chi connectivity index (χ3v) is 4.00. The van der Waals surface area contributed by atoms with Crippen LogP contribution < -0.4 is 5.32 Å². The summed E-state index contributed by atoms with van der Waals surface area (Å²) < 4.78 is 77.0. The van der Waals surface area contributed by atoms with E-state index in [1.165, 1.54) is 36.5 Å². The van der Waals surface area contributed by atoms with E-state index in [1.807, 2.05) is 0 Å². The van der Waals surface area contributed by atoms with Crippen LogP contribution in [0.15, 0.2) is 66.9 Å². The zero-order valence-corrected chi connectivity index (χ0v) is 14.5. The quantitative estimate of drug-likeness (QED) is 0.535. The first kappa shape index (κ1) is 20.4. The molecule has 1 heterocycles. The highest BCUT2D eigenvalue weighted by Crippen LogP contribution is 2.36. The molecule has 0 aliphatic rings. The number of amides is 1. The molecule has 3 rings (SSSR count). The molecule has 150 valence electrons. The van der Waals surface area contributed by atoms with Crippen LogP contribution in [0.1, 0.15) is 21.5 Å². The fourth-order valence-corrected chi connectivity index (χ4v) is 2.59. The van der Waals surface area contributed by atoms with Crippen LogP contribution in [0.2, 0.25) is 0 Å². The van der Waals surface area contributed by atoms with Crippen LogP contribution in [0.4, 0.5) is 32.0 Å². The number of carbonyl (C=O) groups is 1. The number of halogens is 6. The predicted molar refractivity (Wildman–Crippen MR) is 94.1 cm³/mol. The third-order valence-electron chi connectivity index (χ3n) is 4.00. The maximum absolute atomic E-state index is 13.1. The molecule has 0 saturated carbocycles. The van der Waals surface area contributed by atoms with Crippen molar-refractivity contribution in [3.63, 3.8) is 0 Å². The summed E-state index contributed by atoms with van der Waals surface area (Å²) in [4.78, 5) is 15.9. The monoisotopic (exact) mass is 410 g/mol. The molecular weight excluding hydrogens is 398 g/mol. The van der Waals surface area contributed by atoms with Gasteiger partial charge in [-0.3, -0.25) is 9.78 Å². The number of benzene rings is 2. The number of rotatable bonds is 3. The summed E-state index contributed by atoms with van der Waals surface area (Å²) in [6, 6.07) is 11.2. The summed E-state index contributed by atoms with van der Waals surface area (Å²) in [5.74, 6) is -0.653. The molecule has 0 aliphatic heterocycles. The smallest absolute Gasteiger partial charge is 0.322 e. The van der Waals surface area contributed by atoms with Crippen molar-refractivity contribution < 1.29 is 31.1 Å². The van der Waals surface area contributed by atoms with Crippen molar-refractivity contribution in [2.24, 2.45) is 0 Å². The number of nitrogens with one attached hydrogen (secondary N) is 1. The second kappa shape index (κ2) is 7.57. The van der Waals surface area contributed by atoms with Gasteiger partial charge in [-0.1, -0.05) is 12.1 Å². The average molecular weight is 410 g/mol. The molecule has 0 atom stereocenters. The van der Waals surface area contributed by atoms with Crippen molar-refractivity contribution in [1.82, 2.24) is 4.98 Å². The first-order chi connectivity index (χ1) is 13.6. The first-order valence-electron chi connectivity index (χ1n) is 8.17. The summed E-state index contributed by atoms with van der Waals surface area (Å²) in [7, 11) is 0. The Kier molecular flexibility index (Phi) is 5.32. The number of hydrogen-bond donors (Lipinski definition) is 1. The summed E-state index contributed by atoms with van der Waals surface area (Å²) >= 11 is 0. The molecule has 1 aromatic heterocycles. The van der Waals surface area contributed by atoms with Crippen molar-refractivity contribution in [3.05, 3.63) is 83.6 Å². The number of anilines is 1. The van der Waals surface area contributed by atoms with Gasteiger partial charge in [0.25, 0.3) is 5.91 Å². The number of alkyl halides is 6. The molecule has 1 N–H and O–H groups in total. The van der Waals surface area contributed by atoms with Gasteiger partial charge in [0.1, 0.15) is 0 Å². The second-order valence-electron chi connectivity index (χ2n) is 6.00. The minimum Gasteiger partial charge on any atom is -0.322 e. The van der Waals surface area contributed by atoms with Gasteiger partial charge < -0.3 is 5.32 Å². The molecule has 9 heteroatoms. The van der Waals surface area contributed by atoms with Crippen molar-refractivity contribution in [2.75, 3.05) is 5.32 Å². The fraction of sp³-hybridized carbons (Fsp3) is 0.100. The van der Waals surface area contributed by atoms with Crippen LogP contribution in [0, 0.1) is 0 Å². The van der Waals surface area contributed by atoms with Gasteiger partial charge in [0.2, 0.25) is 0 Å². The van der Waals surface area contributed by atoms with E-state index in [-0.39, 0.29) is 22.5 Å². The number of aromatic nitrogens is 1. The lowest BCUT2D eigenvalue weighted by Gasteiger charge is -2.12. The molecule has 0 unspecified atom stereocenters. The third kappa shape index (κ3) is 4.74. The zero-order valence-electron chi connectivity index (χ0n) is 14.5. The minimum absolute atomic E-state index is 0.00570. The molecule has 3 nitrogen and oxygen atoms in total. The van der Waals surface area contributed by atoms with Crippen molar-refractivity contribution >= 4 is 11.6 Å². The van der Waals surface area contributed by atoms with Gasteiger partial charge in [0, 0.05) is 23.0 Å². The lowest BCUT2D eigenvalue weighted by Crippen LogP contribution is -2.13. The molecule has 0 spiro atoms. The molecule has 0 aliphatic carbocycles. The van der Waals surface area contributed by atoms with Gasteiger partial charge in [0.15, 0.2) is 0 Å². The first-order valence-corrected chi connectivity index (χ1v) is 8.17. The molecule has 2 aromatic carbocycles. The van der Waals surface area contributed by atoms with E-state index < -0.39 is 29.4 Å². The van der Waals surface area contributed by atoms with E-state index in [2.05, 4.69) is 10.3 Å². The van der Waals surface area contributed by atoms with E-state index >= 15 is 0 Å². The van der Waals surface area contributed by atoms with Crippen molar-refractivity contribution in [1.29, 1.82) is 0 Å². The van der Waals surface area contributed by atoms with E-state index in [9.17, 15) is 31.1 Å². The number of pyridine rings is 1. The van der Waals surface area contributed by atoms with Crippen LogP contribution in [-0.4, -0.2) is 10.9 Å². The van der Waals surface area contributed by atoms with Gasteiger partial charge in [0.05, 0.1) is 16.8 Å². The number of nitrogens with zero attached hydrogens (tertiary/aromatic N) is 1. The summed E-state index contributed by atoms with van der Waals surface area (Å²) in [6.45, 7) is 0. The highest BCUT2D eigenvalue weighted by Gasteiger charge is 2.34. The van der Waals surface area contributed by atoms with Gasteiger partial charge in [-0.25, -0.2) is 0 Å². The largest absolute Gasteiger partial charge is 0.418 e. The molecule has 0 saturated heterocycles. The Balaban J connectivity index is 1.77. The highest BCUT2D eigenvalue weighted by molar-refractivity contribution is 6.04. The molecular formula is C20H12F6N2O. The molecule has 29 heavy (non-hydrogen) atoms. The van der Waals surface area contributed by atoms with Crippen LogP contribution in [-0.2, 0) is 12.4 Å². The van der Waals surface area contributed by atoms with E-state index in [1.54, 1.807) is 0 Å².